The first-order valence-corrected chi connectivity index (χ1v) is 8.69. The molecule has 1 N–H and O–H groups in total. The van der Waals surface area contributed by atoms with Gasteiger partial charge in [0.15, 0.2) is 0 Å². The van der Waals surface area contributed by atoms with Crippen LogP contribution in [0.3, 0.4) is 0 Å². The molecule has 0 aromatic carbocycles. The monoisotopic (exact) mass is 293 g/mol. The van der Waals surface area contributed by atoms with E-state index >= 15 is 0 Å². The van der Waals surface area contributed by atoms with Gasteiger partial charge in [0, 0.05) is 18.2 Å². The molecule has 120 valence electrons. The van der Waals surface area contributed by atoms with Crippen molar-refractivity contribution in [2.24, 2.45) is 0 Å². The topological polar surface area (TPSA) is 34.4 Å². The van der Waals surface area contributed by atoms with Crippen molar-refractivity contribution in [3.63, 3.8) is 0 Å². The first-order valence-electron chi connectivity index (χ1n) is 8.69. The fourth-order valence-corrected chi connectivity index (χ4v) is 2.52. The Morgan fingerprint density at radius 1 is 1.19 bits per heavy atom. The van der Waals surface area contributed by atoms with E-state index in [4.69, 9.17) is 9.15 Å². The summed E-state index contributed by atoms with van der Waals surface area (Å²) in [7, 11) is 0. The molecule has 3 nitrogen and oxygen atoms in total. The number of ether oxygens (including phenoxy) is 1. The summed E-state index contributed by atoms with van der Waals surface area (Å²) in [5, 5.41) is 3.48. The van der Waals surface area contributed by atoms with Crippen molar-refractivity contribution in [2.75, 3.05) is 6.61 Å². The van der Waals surface area contributed by atoms with E-state index in [1.807, 2.05) is 6.92 Å². The molecule has 0 amide bonds. The third-order valence-corrected chi connectivity index (χ3v) is 4.11. The van der Waals surface area contributed by atoms with Crippen molar-refractivity contribution in [1.82, 2.24) is 5.32 Å². The molecular formula is C18H31NO2. The molecule has 1 fully saturated rings. The molecule has 3 heteroatoms. The second-order valence-corrected chi connectivity index (χ2v) is 6.27. The zero-order valence-electron chi connectivity index (χ0n) is 13.7. The highest BCUT2D eigenvalue weighted by molar-refractivity contribution is 5.20. The van der Waals surface area contributed by atoms with E-state index in [0.717, 1.165) is 30.7 Å². The van der Waals surface area contributed by atoms with Gasteiger partial charge in [0.2, 0.25) is 0 Å². The second kappa shape index (κ2) is 9.26. The number of hydrogen-bond donors (Lipinski definition) is 1. The molecule has 0 radical (unpaired) electrons. The maximum atomic E-state index is 5.78. The SMILES string of the molecule is CCCCCCCCOCc1cc(CNC2CC2)oc1C. The van der Waals surface area contributed by atoms with Crippen LogP contribution in [0.15, 0.2) is 10.5 Å². The normalized spacial score (nSPS) is 14.8. The predicted octanol–water partition coefficient (Wildman–Crippen LogP) is 4.72. The van der Waals surface area contributed by atoms with Gasteiger partial charge in [0.25, 0.3) is 0 Å². The lowest BCUT2D eigenvalue weighted by atomic mass is 10.1. The van der Waals surface area contributed by atoms with Crippen LogP contribution < -0.4 is 5.32 Å². The number of rotatable bonds is 12. The van der Waals surface area contributed by atoms with E-state index in [-0.39, 0.29) is 0 Å². The van der Waals surface area contributed by atoms with E-state index in [1.165, 1.54) is 56.9 Å². The number of furan rings is 1. The van der Waals surface area contributed by atoms with Crippen molar-refractivity contribution in [2.45, 2.75) is 84.4 Å². The average Bonchev–Trinajstić information content (AvgIpc) is 3.24. The maximum Gasteiger partial charge on any atom is 0.118 e. The Balaban J connectivity index is 1.54. The third kappa shape index (κ3) is 6.66. The predicted molar refractivity (Wildman–Crippen MR) is 86.3 cm³/mol. The van der Waals surface area contributed by atoms with E-state index in [2.05, 4.69) is 18.3 Å². The minimum absolute atomic E-state index is 0.688. The standard InChI is InChI=1S/C18H31NO2/c1-3-4-5-6-7-8-11-20-14-16-12-18(21-15(16)2)13-19-17-9-10-17/h12,17,19H,3-11,13-14H2,1-2H3. The molecule has 0 spiro atoms. The molecule has 1 saturated carbocycles. The highest BCUT2D eigenvalue weighted by Gasteiger charge is 2.20. The van der Waals surface area contributed by atoms with Gasteiger partial charge in [-0.15, -0.1) is 0 Å². The van der Waals surface area contributed by atoms with Gasteiger partial charge in [-0.3, -0.25) is 0 Å². The van der Waals surface area contributed by atoms with E-state index in [0.29, 0.717) is 6.61 Å². The molecule has 0 atom stereocenters. The number of nitrogens with one attached hydrogen (secondary N) is 1. The Hall–Kier alpha value is -0.800. The molecule has 1 aliphatic rings. The minimum Gasteiger partial charge on any atom is -0.465 e. The van der Waals surface area contributed by atoms with Crippen LogP contribution in [0.5, 0.6) is 0 Å². The van der Waals surface area contributed by atoms with Gasteiger partial charge >= 0.3 is 0 Å². The maximum absolute atomic E-state index is 5.78. The van der Waals surface area contributed by atoms with Crippen LogP contribution in [0.2, 0.25) is 0 Å². The molecule has 0 saturated heterocycles. The Bertz CT molecular complexity index is 396. The van der Waals surface area contributed by atoms with Gasteiger partial charge in [-0.1, -0.05) is 39.0 Å². The minimum atomic E-state index is 0.688. The van der Waals surface area contributed by atoms with E-state index in [9.17, 15) is 0 Å². The number of unbranched alkanes of at least 4 members (excludes halogenated alkanes) is 5. The van der Waals surface area contributed by atoms with Crippen LogP contribution in [0.25, 0.3) is 0 Å². The summed E-state index contributed by atoms with van der Waals surface area (Å²) in [6.07, 6.45) is 10.5. The summed E-state index contributed by atoms with van der Waals surface area (Å²) in [6.45, 7) is 6.69. The van der Waals surface area contributed by atoms with Gasteiger partial charge < -0.3 is 14.5 Å². The van der Waals surface area contributed by atoms with Crippen molar-refractivity contribution < 1.29 is 9.15 Å². The molecule has 1 heterocycles. The highest BCUT2D eigenvalue weighted by atomic mass is 16.5. The van der Waals surface area contributed by atoms with Gasteiger partial charge in [0.1, 0.15) is 11.5 Å². The molecule has 1 aliphatic carbocycles. The zero-order chi connectivity index (χ0) is 14.9. The summed E-state index contributed by atoms with van der Waals surface area (Å²) in [4.78, 5) is 0. The summed E-state index contributed by atoms with van der Waals surface area (Å²) >= 11 is 0. The third-order valence-electron chi connectivity index (χ3n) is 4.11. The molecule has 2 rings (SSSR count). The quantitative estimate of drug-likeness (QED) is 0.566. The lowest BCUT2D eigenvalue weighted by Crippen LogP contribution is -2.14. The molecule has 0 aliphatic heterocycles. The first kappa shape index (κ1) is 16.6. The molecule has 21 heavy (non-hydrogen) atoms. The largest absolute Gasteiger partial charge is 0.465 e. The van der Waals surface area contributed by atoms with Gasteiger partial charge in [-0.2, -0.15) is 0 Å². The summed E-state index contributed by atoms with van der Waals surface area (Å²) < 4.78 is 11.6. The fourth-order valence-electron chi connectivity index (χ4n) is 2.52. The van der Waals surface area contributed by atoms with Gasteiger partial charge in [-0.25, -0.2) is 0 Å². The summed E-state index contributed by atoms with van der Waals surface area (Å²) in [5.41, 5.74) is 1.20. The Labute approximate surface area is 129 Å². The lowest BCUT2D eigenvalue weighted by molar-refractivity contribution is 0.116. The molecule has 0 bridgehead atoms. The summed E-state index contributed by atoms with van der Waals surface area (Å²) in [5.74, 6) is 2.04. The second-order valence-electron chi connectivity index (χ2n) is 6.27. The van der Waals surface area contributed by atoms with Crippen LogP contribution >= 0.6 is 0 Å². The van der Waals surface area contributed by atoms with Gasteiger partial charge in [0.05, 0.1) is 13.2 Å². The molecular weight excluding hydrogens is 262 g/mol. The van der Waals surface area contributed by atoms with E-state index in [1.54, 1.807) is 0 Å². The van der Waals surface area contributed by atoms with Crippen molar-refractivity contribution in [1.29, 1.82) is 0 Å². The van der Waals surface area contributed by atoms with Crippen LogP contribution in [0, 0.1) is 6.92 Å². The Morgan fingerprint density at radius 3 is 2.71 bits per heavy atom. The first-order chi connectivity index (χ1) is 10.3. The van der Waals surface area contributed by atoms with Crippen molar-refractivity contribution in [3.05, 3.63) is 23.2 Å². The van der Waals surface area contributed by atoms with Gasteiger partial charge in [-0.05, 0) is 32.3 Å². The molecule has 1 aromatic heterocycles. The lowest BCUT2D eigenvalue weighted by Gasteiger charge is -2.03. The zero-order valence-corrected chi connectivity index (χ0v) is 13.7. The number of hydrogen-bond acceptors (Lipinski definition) is 3. The smallest absolute Gasteiger partial charge is 0.118 e. The van der Waals surface area contributed by atoms with Crippen LogP contribution in [0.1, 0.15) is 75.4 Å². The van der Waals surface area contributed by atoms with E-state index < -0.39 is 0 Å². The van der Waals surface area contributed by atoms with Crippen molar-refractivity contribution in [3.8, 4) is 0 Å². The molecule has 0 unspecified atom stereocenters. The van der Waals surface area contributed by atoms with Crippen LogP contribution in [-0.4, -0.2) is 12.6 Å². The number of aryl methyl sites for hydroxylation is 1. The fraction of sp³-hybridized carbons (Fsp3) is 0.778. The molecule has 1 aromatic rings. The Morgan fingerprint density at radius 2 is 1.95 bits per heavy atom. The van der Waals surface area contributed by atoms with Crippen LogP contribution in [-0.2, 0) is 17.9 Å². The summed E-state index contributed by atoms with van der Waals surface area (Å²) in [6, 6.07) is 2.87. The highest BCUT2D eigenvalue weighted by Crippen LogP contribution is 2.21. The average molecular weight is 293 g/mol. The van der Waals surface area contributed by atoms with Crippen LogP contribution in [0.4, 0.5) is 0 Å². The van der Waals surface area contributed by atoms with Crippen molar-refractivity contribution >= 4 is 0 Å². The Kier molecular flexibility index (Phi) is 7.31.